The van der Waals surface area contributed by atoms with Crippen molar-refractivity contribution in [3.8, 4) is 0 Å². The minimum atomic E-state index is -0.774. The van der Waals surface area contributed by atoms with Crippen molar-refractivity contribution in [2.24, 2.45) is 0 Å². The van der Waals surface area contributed by atoms with Gasteiger partial charge in [-0.15, -0.1) is 0 Å². The topological polar surface area (TPSA) is 78.9 Å². The van der Waals surface area contributed by atoms with Crippen LogP contribution in [0.2, 0.25) is 0 Å². The van der Waals surface area contributed by atoms with Crippen molar-refractivity contribution in [2.45, 2.75) is 284 Å². The number of unbranched alkanes of at least 4 members (excludes halogenated alkanes) is 31. The normalized spacial score (nSPS) is 12.2. The fraction of sp³-hybridized carbons (Fsp3) is 0.836. The molecule has 0 saturated heterocycles. The largest absolute Gasteiger partial charge is 0.462 e. The van der Waals surface area contributed by atoms with Gasteiger partial charge in [0.25, 0.3) is 0 Å². The highest BCUT2D eigenvalue weighted by molar-refractivity contribution is 5.71. The summed E-state index contributed by atoms with van der Waals surface area (Å²) in [6, 6.07) is 0. The molecular formula is C55H100O6. The van der Waals surface area contributed by atoms with Gasteiger partial charge in [0.2, 0.25) is 0 Å². The molecule has 0 aromatic heterocycles. The average molecular weight is 857 g/mol. The lowest BCUT2D eigenvalue weighted by atomic mass is 10.0. The lowest BCUT2D eigenvalue weighted by Gasteiger charge is -2.18. The third kappa shape index (κ3) is 48.5. The van der Waals surface area contributed by atoms with E-state index in [1.165, 1.54) is 161 Å². The van der Waals surface area contributed by atoms with Crippen LogP contribution in [-0.2, 0) is 28.6 Å². The summed E-state index contributed by atoms with van der Waals surface area (Å²) in [5.41, 5.74) is 0. The zero-order valence-corrected chi connectivity index (χ0v) is 40.7. The maximum Gasteiger partial charge on any atom is 0.306 e. The van der Waals surface area contributed by atoms with Crippen molar-refractivity contribution in [2.75, 3.05) is 13.2 Å². The minimum absolute atomic E-state index is 0.0761. The van der Waals surface area contributed by atoms with Crippen molar-refractivity contribution in [3.05, 3.63) is 36.5 Å². The van der Waals surface area contributed by atoms with E-state index in [4.69, 9.17) is 14.2 Å². The predicted molar refractivity (Wildman–Crippen MR) is 261 cm³/mol. The monoisotopic (exact) mass is 857 g/mol. The van der Waals surface area contributed by atoms with Crippen molar-refractivity contribution in [1.82, 2.24) is 0 Å². The molecule has 356 valence electrons. The quantitative estimate of drug-likeness (QED) is 0.0262. The van der Waals surface area contributed by atoms with Gasteiger partial charge in [0.1, 0.15) is 13.2 Å². The third-order valence-electron chi connectivity index (χ3n) is 11.6. The Balaban J connectivity index is 4.36. The molecule has 0 rings (SSSR count). The van der Waals surface area contributed by atoms with E-state index in [1.54, 1.807) is 0 Å². The molecule has 0 bridgehead atoms. The van der Waals surface area contributed by atoms with Gasteiger partial charge in [0.15, 0.2) is 6.10 Å². The van der Waals surface area contributed by atoms with Crippen molar-refractivity contribution in [1.29, 1.82) is 0 Å². The number of allylic oxidation sites excluding steroid dienone is 6. The van der Waals surface area contributed by atoms with E-state index < -0.39 is 6.10 Å². The Morgan fingerprint density at radius 3 is 0.967 bits per heavy atom. The van der Waals surface area contributed by atoms with Crippen LogP contribution in [0.3, 0.4) is 0 Å². The summed E-state index contributed by atoms with van der Waals surface area (Å²) in [6.45, 7) is 6.60. The summed E-state index contributed by atoms with van der Waals surface area (Å²) >= 11 is 0. The van der Waals surface area contributed by atoms with Crippen LogP contribution >= 0.6 is 0 Å². The Hall–Kier alpha value is -2.37. The first kappa shape index (κ1) is 58.6. The zero-order chi connectivity index (χ0) is 44.4. The molecular weight excluding hydrogens is 757 g/mol. The van der Waals surface area contributed by atoms with Crippen LogP contribution in [0.1, 0.15) is 278 Å². The summed E-state index contributed by atoms with van der Waals surface area (Å²) < 4.78 is 16.8. The van der Waals surface area contributed by atoms with Crippen molar-refractivity contribution < 1.29 is 28.6 Å². The molecule has 0 amide bonds. The summed E-state index contributed by atoms with van der Waals surface area (Å²) in [7, 11) is 0. The molecule has 0 aliphatic heterocycles. The molecule has 0 fully saturated rings. The van der Waals surface area contributed by atoms with Crippen LogP contribution in [0, 0.1) is 0 Å². The summed E-state index contributed by atoms with van der Waals surface area (Å²) in [6.07, 6.45) is 58.3. The SMILES string of the molecule is CCCCC/C=C\C/C=C\CCCCCCCCCC(=O)OC[C@H](COC(=O)CCCCCCC/C=C\CCCCCC)OC(=O)CCCCCCCCCCCCCCC. The van der Waals surface area contributed by atoms with E-state index in [2.05, 4.69) is 57.2 Å². The maximum atomic E-state index is 12.8. The number of ether oxygens (including phenoxy) is 3. The van der Waals surface area contributed by atoms with Crippen LogP contribution < -0.4 is 0 Å². The smallest absolute Gasteiger partial charge is 0.306 e. The van der Waals surface area contributed by atoms with E-state index in [0.29, 0.717) is 19.3 Å². The minimum Gasteiger partial charge on any atom is -0.462 e. The molecule has 61 heavy (non-hydrogen) atoms. The molecule has 0 aliphatic carbocycles. The fourth-order valence-corrected chi connectivity index (χ4v) is 7.59. The molecule has 0 heterocycles. The van der Waals surface area contributed by atoms with Crippen LogP contribution in [-0.4, -0.2) is 37.2 Å². The third-order valence-corrected chi connectivity index (χ3v) is 11.6. The first-order valence-corrected chi connectivity index (χ1v) is 26.5. The molecule has 0 aliphatic rings. The Bertz CT molecular complexity index is 1030. The highest BCUT2D eigenvalue weighted by atomic mass is 16.6. The van der Waals surface area contributed by atoms with Gasteiger partial charge in [-0.2, -0.15) is 0 Å². The first-order chi connectivity index (χ1) is 30.0. The molecule has 6 nitrogen and oxygen atoms in total. The van der Waals surface area contributed by atoms with Crippen LogP contribution in [0.4, 0.5) is 0 Å². The second-order valence-corrected chi connectivity index (χ2v) is 17.8. The number of hydrogen-bond donors (Lipinski definition) is 0. The van der Waals surface area contributed by atoms with Gasteiger partial charge in [0, 0.05) is 19.3 Å². The van der Waals surface area contributed by atoms with Crippen LogP contribution in [0.5, 0.6) is 0 Å². The molecule has 0 N–H and O–H groups in total. The fourth-order valence-electron chi connectivity index (χ4n) is 7.59. The highest BCUT2D eigenvalue weighted by Crippen LogP contribution is 2.15. The van der Waals surface area contributed by atoms with Crippen LogP contribution in [0.15, 0.2) is 36.5 Å². The van der Waals surface area contributed by atoms with E-state index in [9.17, 15) is 14.4 Å². The Morgan fingerprint density at radius 2 is 0.590 bits per heavy atom. The van der Waals surface area contributed by atoms with Gasteiger partial charge < -0.3 is 14.2 Å². The Labute approximate surface area is 378 Å². The Kier molecular flexibility index (Phi) is 48.3. The summed E-state index contributed by atoms with van der Waals surface area (Å²) in [4.78, 5) is 38.0. The number of carbonyl (C=O) groups is 3. The average Bonchev–Trinajstić information content (AvgIpc) is 3.26. The molecule has 0 spiro atoms. The van der Waals surface area contributed by atoms with Crippen molar-refractivity contribution in [3.63, 3.8) is 0 Å². The Morgan fingerprint density at radius 1 is 0.328 bits per heavy atom. The summed E-state index contributed by atoms with van der Waals surface area (Å²) in [5, 5.41) is 0. The molecule has 0 unspecified atom stereocenters. The molecule has 0 aromatic carbocycles. The van der Waals surface area contributed by atoms with Gasteiger partial charge in [0.05, 0.1) is 0 Å². The standard InChI is InChI=1S/C55H100O6/c1-4-7-10-13-16-19-22-25-26-27-28-31-33-36-39-42-45-48-54(57)60-51-52(61-55(58)49-46-43-40-37-34-30-24-21-18-15-12-9-6-3)50-59-53(56)47-44-41-38-35-32-29-23-20-17-14-11-8-5-2/h16,19-20,23,25-26,52H,4-15,17-18,21-22,24,27-51H2,1-3H3/b19-16-,23-20-,26-25-/t52-/m0/s1. The zero-order valence-electron chi connectivity index (χ0n) is 40.7. The van der Waals surface area contributed by atoms with Gasteiger partial charge in [-0.1, -0.05) is 218 Å². The molecule has 1 atom stereocenters. The van der Waals surface area contributed by atoms with Crippen LogP contribution in [0.25, 0.3) is 0 Å². The van der Waals surface area contributed by atoms with E-state index in [0.717, 1.165) is 77.0 Å². The van der Waals surface area contributed by atoms with Gasteiger partial charge >= 0.3 is 17.9 Å². The highest BCUT2D eigenvalue weighted by Gasteiger charge is 2.19. The molecule has 6 heteroatoms. The number of rotatable bonds is 48. The number of carbonyl (C=O) groups excluding carboxylic acids is 3. The van der Waals surface area contributed by atoms with E-state index >= 15 is 0 Å². The van der Waals surface area contributed by atoms with Gasteiger partial charge in [-0.3, -0.25) is 14.4 Å². The number of hydrogen-bond acceptors (Lipinski definition) is 6. The maximum absolute atomic E-state index is 12.8. The lowest BCUT2D eigenvalue weighted by Crippen LogP contribution is -2.30. The van der Waals surface area contributed by atoms with Crippen molar-refractivity contribution >= 4 is 17.9 Å². The second kappa shape index (κ2) is 50.3. The lowest BCUT2D eigenvalue weighted by molar-refractivity contribution is -0.167. The first-order valence-electron chi connectivity index (χ1n) is 26.5. The number of esters is 3. The molecule has 0 saturated carbocycles. The molecule has 0 radical (unpaired) electrons. The molecule has 0 aromatic rings. The second-order valence-electron chi connectivity index (χ2n) is 17.8. The van der Waals surface area contributed by atoms with Gasteiger partial charge in [-0.25, -0.2) is 0 Å². The summed E-state index contributed by atoms with van der Waals surface area (Å²) in [5.74, 6) is -0.881. The van der Waals surface area contributed by atoms with Gasteiger partial charge in [-0.05, 0) is 77.0 Å². The van der Waals surface area contributed by atoms with E-state index in [1.807, 2.05) is 0 Å². The predicted octanol–water partition coefficient (Wildman–Crippen LogP) is 17.3. The van der Waals surface area contributed by atoms with E-state index in [-0.39, 0.29) is 31.1 Å².